The Morgan fingerprint density at radius 3 is 2.80 bits per heavy atom. The predicted octanol–water partition coefficient (Wildman–Crippen LogP) is 2.85. The molecule has 2 fully saturated rings. The molecule has 1 amide bonds. The Morgan fingerprint density at radius 1 is 1.35 bits per heavy atom. The monoisotopic (exact) mass is 273 g/mol. The molecule has 3 atom stereocenters. The maximum atomic E-state index is 12.2. The smallest absolute Gasteiger partial charge is 0.224 e. The summed E-state index contributed by atoms with van der Waals surface area (Å²) in [5.41, 5.74) is 2.14. The summed E-state index contributed by atoms with van der Waals surface area (Å²) >= 11 is 0. The molecule has 0 aromatic heterocycles. The van der Waals surface area contributed by atoms with Crippen molar-refractivity contribution in [2.45, 2.75) is 45.1 Å². The van der Waals surface area contributed by atoms with E-state index in [9.17, 15) is 4.79 Å². The fraction of sp³-hybridized carbons (Fsp3) is 0.588. The summed E-state index contributed by atoms with van der Waals surface area (Å²) in [6, 6.07) is 6.39. The summed E-state index contributed by atoms with van der Waals surface area (Å²) in [5.74, 6) is 2.64. The molecule has 2 aliphatic carbocycles. The molecular weight excluding hydrogens is 250 g/mol. The molecule has 0 radical (unpaired) electrons. The number of methoxy groups -OCH3 is 1. The molecule has 1 aromatic carbocycles. The van der Waals surface area contributed by atoms with E-state index in [1.807, 2.05) is 25.1 Å². The number of hydrogen-bond donors (Lipinski definition) is 1. The highest BCUT2D eigenvalue weighted by atomic mass is 16.5. The van der Waals surface area contributed by atoms with Crippen LogP contribution < -0.4 is 10.1 Å². The zero-order valence-electron chi connectivity index (χ0n) is 12.3. The van der Waals surface area contributed by atoms with Crippen molar-refractivity contribution in [3.63, 3.8) is 0 Å². The van der Waals surface area contributed by atoms with Crippen LogP contribution in [0.2, 0.25) is 0 Å². The van der Waals surface area contributed by atoms with Crippen molar-refractivity contribution in [3.05, 3.63) is 29.3 Å². The van der Waals surface area contributed by atoms with Crippen molar-refractivity contribution in [3.8, 4) is 5.75 Å². The van der Waals surface area contributed by atoms with E-state index < -0.39 is 0 Å². The average molecular weight is 273 g/mol. The van der Waals surface area contributed by atoms with Crippen LogP contribution in [0.5, 0.6) is 5.75 Å². The van der Waals surface area contributed by atoms with E-state index in [1.165, 1.54) is 25.7 Å². The minimum absolute atomic E-state index is 0.159. The van der Waals surface area contributed by atoms with Crippen LogP contribution in [0.3, 0.4) is 0 Å². The lowest BCUT2D eigenvalue weighted by Gasteiger charge is -2.23. The highest BCUT2D eigenvalue weighted by molar-refractivity contribution is 5.79. The molecule has 3 rings (SSSR count). The molecule has 20 heavy (non-hydrogen) atoms. The third-order valence-electron chi connectivity index (χ3n) is 4.91. The van der Waals surface area contributed by atoms with E-state index in [1.54, 1.807) is 7.11 Å². The van der Waals surface area contributed by atoms with Crippen molar-refractivity contribution in [2.24, 2.45) is 11.8 Å². The Balaban J connectivity index is 1.57. The Hall–Kier alpha value is -1.51. The van der Waals surface area contributed by atoms with Crippen molar-refractivity contribution < 1.29 is 9.53 Å². The highest BCUT2D eigenvalue weighted by Gasteiger charge is 2.39. The number of amides is 1. The third-order valence-corrected chi connectivity index (χ3v) is 4.91. The molecule has 108 valence electrons. The molecule has 2 bridgehead atoms. The maximum Gasteiger partial charge on any atom is 0.224 e. The molecule has 3 nitrogen and oxygen atoms in total. The number of benzene rings is 1. The van der Waals surface area contributed by atoms with Crippen LogP contribution in [0, 0.1) is 18.8 Å². The number of hydrogen-bond acceptors (Lipinski definition) is 2. The lowest BCUT2D eigenvalue weighted by atomic mass is 9.95. The van der Waals surface area contributed by atoms with Crippen LogP contribution >= 0.6 is 0 Å². The SMILES string of the molecule is COc1ccc(CC(=O)N[C@@H]2C[C@@H]3CC[C@@H]2C3)cc1C. The van der Waals surface area contributed by atoms with Gasteiger partial charge in [0, 0.05) is 6.04 Å². The van der Waals surface area contributed by atoms with E-state index in [0.717, 1.165) is 28.7 Å². The number of ether oxygens (including phenoxy) is 1. The molecule has 0 unspecified atom stereocenters. The van der Waals surface area contributed by atoms with Gasteiger partial charge in [-0.05, 0) is 55.2 Å². The summed E-state index contributed by atoms with van der Waals surface area (Å²) in [6.45, 7) is 2.01. The van der Waals surface area contributed by atoms with Gasteiger partial charge in [0.2, 0.25) is 5.91 Å². The first-order valence-electron chi connectivity index (χ1n) is 7.58. The predicted molar refractivity (Wildman–Crippen MR) is 78.8 cm³/mol. The molecule has 0 heterocycles. The highest BCUT2D eigenvalue weighted by Crippen LogP contribution is 2.44. The van der Waals surface area contributed by atoms with Crippen LogP contribution in [0.25, 0.3) is 0 Å². The molecule has 2 saturated carbocycles. The second-order valence-electron chi connectivity index (χ2n) is 6.33. The lowest BCUT2D eigenvalue weighted by Crippen LogP contribution is -2.39. The quantitative estimate of drug-likeness (QED) is 0.916. The van der Waals surface area contributed by atoms with E-state index in [0.29, 0.717) is 12.5 Å². The average Bonchev–Trinajstić information content (AvgIpc) is 3.01. The number of rotatable bonds is 4. The first-order chi connectivity index (χ1) is 9.65. The molecule has 0 saturated heterocycles. The van der Waals surface area contributed by atoms with Gasteiger partial charge in [-0.25, -0.2) is 0 Å². The van der Waals surface area contributed by atoms with Crippen molar-refractivity contribution in [1.82, 2.24) is 5.32 Å². The van der Waals surface area contributed by atoms with E-state index >= 15 is 0 Å². The Labute approximate surface area is 120 Å². The van der Waals surface area contributed by atoms with Gasteiger partial charge in [0.25, 0.3) is 0 Å². The standard InChI is InChI=1S/C17H23NO2/c1-11-7-12(4-6-16(11)20-2)10-17(19)18-15-9-13-3-5-14(15)8-13/h4,6-7,13-15H,3,5,8-10H2,1-2H3,(H,18,19)/t13-,14-,15-/m1/s1. The maximum absolute atomic E-state index is 12.2. The first kappa shape index (κ1) is 13.5. The van der Waals surface area contributed by atoms with Gasteiger partial charge >= 0.3 is 0 Å². The van der Waals surface area contributed by atoms with Gasteiger partial charge in [-0.3, -0.25) is 4.79 Å². The summed E-state index contributed by atoms with van der Waals surface area (Å²) in [5, 5.41) is 3.24. The largest absolute Gasteiger partial charge is 0.496 e. The summed E-state index contributed by atoms with van der Waals surface area (Å²) in [7, 11) is 1.67. The van der Waals surface area contributed by atoms with Crippen molar-refractivity contribution >= 4 is 5.91 Å². The van der Waals surface area contributed by atoms with Gasteiger partial charge in [0.15, 0.2) is 0 Å². The Kier molecular flexibility index (Phi) is 3.68. The molecule has 2 aliphatic rings. The summed E-state index contributed by atoms with van der Waals surface area (Å²) in [4.78, 5) is 12.2. The van der Waals surface area contributed by atoms with Gasteiger partial charge in [-0.15, -0.1) is 0 Å². The summed E-state index contributed by atoms with van der Waals surface area (Å²) in [6.07, 6.45) is 5.66. The number of fused-ring (bicyclic) bond motifs is 2. The second kappa shape index (κ2) is 5.47. The fourth-order valence-electron chi connectivity index (χ4n) is 3.92. The third kappa shape index (κ3) is 2.67. The Bertz CT molecular complexity index is 512. The van der Waals surface area contributed by atoms with Gasteiger partial charge in [-0.2, -0.15) is 0 Å². The molecule has 0 spiro atoms. The zero-order valence-corrected chi connectivity index (χ0v) is 12.3. The number of nitrogens with one attached hydrogen (secondary N) is 1. The van der Waals surface area contributed by atoms with E-state index in [4.69, 9.17) is 4.74 Å². The van der Waals surface area contributed by atoms with Gasteiger partial charge in [-0.1, -0.05) is 18.6 Å². The van der Waals surface area contributed by atoms with Gasteiger partial charge < -0.3 is 10.1 Å². The van der Waals surface area contributed by atoms with E-state index in [-0.39, 0.29) is 5.91 Å². The minimum atomic E-state index is 0.159. The van der Waals surface area contributed by atoms with Crippen molar-refractivity contribution in [1.29, 1.82) is 0 Å². The van der Waals surface area contributed by atoms with Crippen LogP contribution in [0.4, 0.5) is 0 Å². The molecule has 1 N–H and O–H groups in total. The number of aryl methyl sites for hydroxylation is 1. The van der Waals surface area contributed by atoms with E-state index in [2.05, 4.69) is 5.32 Å². The van der Waals surface area contributed by atoms with Crippen LogP contribution in [0.1, 0.15) is 36.8 Å². The topological polar surface area (TPSA) is 38.3 Å². The molecule has 1 aromatic rings. The zero-order chi connectivity index (χ0) is 14.1. The van der Waals surface area contributed by atoms with Crippen molar-refractivity contribution in [2.75, 3.05) is 7.11 Å². The second-order valence-corrected chi connectivity index (χ2v) is 6.33. The van der Waals surface area contributed by atoms with Crippen LogP contribution in [-0.2, 0) is 11.2 Å². The van der Waals surface area contributed by atoms with Crippen LogP contribution in [-0.4, -0.2) is 19.1 Å². The van der Waals surface area contributed by atoms with Crippen LogP contribution in [0.15, 0.2) is 18.2 Å². The lowest BCUT2D eigenvalue weighted by molar-refractivity contribution is -0.121. The normalized spacial score (nSPS) is 27.6. The molecule has 3 heteroatoms. The van der Waals surface area contributed by atoms with Gasteiger partial charge in [0.05, 0.1) is 13.5 Å². The Morgan fingerprint density at radius 2 is 2.20 bits per heavy atom. The first-order valence-corrected chi connectivity index (χ1v) is 7.58. The fourth-order valence-corrected chi connectivity index (χ4v) is 3.92. The summed E-state index contributed by atoms with van der Waals surface area (Å²) < 4.78 is 5.25. The van der Waals surface area contributed by atoms with Gasteiger partial charge in [0.1, 0.15) is 5.75 Å². The molecule has 0 aliphatic heterocycles. The number of carbonyl (C=O) groups excluding carboxylic acids is 1. The minimum Gasteiger partial charge on any atom is -0.496 e. The number of carbonyl (C=O) groups is 1. The molecular formula is C17H23NO2.